The molecule has 6 heteroatoms. The Balaban J connectivity index is 1.69. The Kier molecular flexibility index (Phi) is 4.40. The summed E-state index contributed by atoms with van der Waals surface area (Å²) in [5.74, 6) is 1.72. The van der Waals surface area contributed by atoms with Gasteiger partial charge in [0.25, 0.3) is 0 Å². The summed E-state index contributed by atoms with van der Waals surface area (Å²) in [6.45, 7) is 6.40. The van der Waals surface area contributed by atoms with Crippen LogP contribution in [0.15, 0.2) is 22.7 Å². The van der Waals surface area contributed by atoms with Gasteiger partial charge in [-0.2, -0.15) is 0 Å². The summed E-state index contributed by atoms with van der Waals surface area (Å²) >= 11 is 1.65. The first kappa shape index (κ1) is 14.7. The largest absolute Gasteiger partial charge is 0.459 e. The number of ether oxygens (including phenoxy) is 1. The monoisotopic (exact) mass is 308 g/mol. The molecule has 2 atom stereocenters. The zero-order valence-electron chi connectivity index (χ0n) is 12.3. The van der Waals surface area contributed by atoms with Crippen molar-refractivity contribution in [2.45, 2.75) is 32.5 Å². The van der Waals surface area contributed by atoms with Crippen molar-refractivity contribution in [3.05, 3.63) is 29.0 Å². The number of aliphatic hydroxyl groups excluding tert-OH is 1. The number of aryl methyl sites for hydroxylation is 1. The van der Waals surface area contributed by atoms with Gasteiger partial charge in [0.05, 0.1) is 19.3 Å². The van der Waals surface area contributed by atoms with Gasteiger partial charge in [0.1, 0.15) is 5.76 Å². The molecule has 0 amide bonds. The summed E-state index contributed by atoms with van der Waals surface area (Å²) in [5, 5.41) is 10.2. The van der Waals surface area contributed by atoms with Crippen LogP contribution in [0.3, 0.4) is 0 Å². The Hall–Kier alpha value is -1.21. The number of morpholine rings is 1. The van der Waals surface area contributed by atoms with Crippen molar-refractivity contribution in [3.63, 3.8) is 0 Å². The Labute approximate surface area is 128 Å². The molecule has 1 fully saturated rings. The maximum atomic E-state index is 9.24. The van der Waals surface area contributed by atoms with E-state index < -0.39 is 0 Å². The molecule has 2 unspecified atom stereocenters. The molecular formula is C15H20N2O3S. The molecule has 5 nitrogen and oxygen atoms in total. The zero-order valence-corrected chi connectivity index (χ0v) is 13.1. The highest BCUT2D eigenvalue weighted by Crippen LogP contribution is 2.28. The number of furan rings is 1. The van der Waals surface area contributed by atoms with Crippen LogP contribution in [-0.4, -0.2) is 46.9 Å². The van der Waals surface area contributed by atoms with E-state index in [1.54, 1.807) is 11.3 Å². The van der Waals surface area contributed by atoms with Gasteiger partial charge in [-0.3, -0.25) is 4.90 Å². The van der Waals surface area contributed by atoms with Crippen LogP contribution in [-0.2, 0) is 11.3 Å². The highest BCUT2D eigenvalue weighted by molar-refractivity contribution is 7.14. The molecule has 0 spiro atoms. The number of aromatic nitrogens is 1. The van der Waals surface area contributed by atoms with Crippen molar-refractivity contribution in [1.82, 2.24) is 9.88 Å². The number of rotatable bonds is 4. The second-order valence-corrected chi connectivity index (χ2v) is 6.57. The maximum Gasteiger partial charge on any atom is 0.162 e. The van der Waals surface area contributed by atoms with Crippen LogP contribution in [0.4, 0.5) is 0 Å². The molecule has 1 aliphatic heterocycles. The normalized spacial score (nSPS) is 23.6. The summed E-state index contributed by atoms with van der Waals surface area (Å²) in [7, 11) is 0. The molecule has 0 saturated carbocycles. The first-order valence-corrected chi connectivity index (χ1v) is 7.95. The van der Waals surface area contributed by atoms with Gasteiger partial charge in [-0.25, -0.2) is 4.98 Å². The van der Waals surface area contributed by atoms with Crippen LogP contribution >= 0.6 is 11.3 Å². The molecule has 1 aliphatic rings. The molecule has 21 heavy (non-hydrogen) atoms. The highest BCUT2D eigenvalue weighted by atomic mass is 32.1. The lowest BCUT2D eigenvalue weighted by molar-refractivity contribution is -0.0803. The lowest BCUT2D eigenvalue weighted by atomic mass is 10.2. The average molecular weight is 308 g/mol. The fourth-order valence-corrected chi connectivity index (χ4v) is 3.35. The third-order valence-corrected chi connectivity index (χ3v) is 4.70. The number of hydrogen-bond donors (Lipinski definition) is 1. The van der Waals surface area contributed by atoms with Crippen molar-refractivity contribution >= 4 is 11.3 Å². The van der Waals surface area contributed by atoms with Gasteiger partial charge in [0.15, 0.2) is 10.8 Å². The molecule has 0 aromatic carbocycles. The predicted octanol–water partition coefficient (Wildman–Crippen LogP) is 2.29. The summed E-state index contributed by atoms with van der Waals surface area (Å²) in [4.78, 5) is 7.97. The fourth-order valence-electron chi connectivity index (χ4n) is 2.45. The Morgan fingerprint density at radius 2 is 2.33 bits per heavy atom. The second-order valence-electron chi connectivity index (χ2n) is 5.46. The van der Waals surface area contributed by atoms with E-state index in [1.165, 1.54) is 4.88 Å². The van der Waals surface area contributed by atoms with Crippen molar-refractivity contribution in [2.24, 2.45) is 0 Å². The van der Waals surface area contributed by atoms with E-state index in [9.17, 15) is 5.11 Å². The van der Waals surface area contributed by atoms with Crippen LogP contribution in [0.25, 0.3) is 10.8 Å². The number of aliphatic hydroxyl groups is 1. The standard InChI is InChI=1S/C15H20N2O3S/c1-10-9-19-12(8-18)6-17(10)7-13-5-16-15(21-13)14-4-3-11(2)20-14/h3-5,10,12,18H,6-9H2,1-2H3. The average Bonchev–Trinajstić information content (AvgIpc) is 3.10. The van der Waals surface area contributed by atoms with Crippen LogP contribution in [0.2, 0.25) is 0 Å². The number of hydrogen-bond acceptors (Lipinski definition) is 6. The SMILES string of the molecule is Cc1ccc(-c2ncc(CN3CC(CO)OCC3C)s2)o1. The molecule has 3 heterocycles. The van der Waals surface area contributed by atoms with Gasteiger partial charge >= 0.3 is 0 Å². The highest BCUT2D eigenvalue weighted by Gasteiger charge is 2.26. The third kappa shape index (κ3) is 3.35. The van der Waals surface area contributed by atoms with E-state index in [0.29, 0.717) is 12.6 Å². The molecule has 0 bridgehead atoms. The summed E-state index contributed by atoms with van der Waals surface area (Å²) in [6.07, 6.45) is 1.83. The van der Waals surface area contributed by atoms with E-state index in [0.717, 1.165) is 29.6 Å². The molecule has 0 radical (unpaired) electrons. The maximum absolute atomic E-state index is 9.24. The van der Waals surface area contributed by atoms with E-state index in [4.69, 9.17) is 9.15 Å². The predicted molar refractivity (Wildman–Crippen MR) is 81.3 cm³/mol. The third-order valence-electron chi connectivity index (χ3n) is 3.70. The summed E-state index contributed by atoms with van der Waals surface area (Å²) in [5.41, 5.74) is 0. The summed E-state index contributed by atoms with van der Waals surface area (Å²) < 4.78 is 11.2. The Morgan fingerprint density at radius 3 is 3.05 bits per heavy atom. The quantitative estimate of drug-likeness (QED) is 0.939. The van der Waals surface area contributed by atoms with Crippen LogP contribution in [0.5, 0.6) is 0 Å². The Morgan fingerprint density at radius 1 is 1.48 bits per heavy atom. The molecule has 114 valence electrons. The Bertz CT molecular complexity index is 595. The molecule has 0 aliphatic carbocycles. The van der Waals surface area contributed by atoms with Gasteiger partial charge in [-0.1, -0.05) is 0 Å². The van der Waals surface area contributed by atoms with Gasteiger partial charge in [-0.15, -0.1) is 11.3 Å². The zero-order chi connectivity index (χ0) is 14.8. The minimum absolute atomic E-state index is 0.0723. The lowest BCUT2D eigenvalue weighted by Crippen LogP contribution is -2.48. The first-order valence-electron chi connectivity index (χ1n) is 7.13. The van der Waals surface area contributed by atoms with Crippen molar-refractivity contribution in [3.8, 4) is 10.8 Å². The molecule has 1 saturated heterocycles. The van der Waals surface area contributed by atoms with Gasteiger partial charge < -0.3 is 14.3 Å². The van der Waals surface area contributed by atoms with Crippen molar-refractivity contribution in [1.29, 1.82) is 0 Å². The molecular weight excluding hydrogens is 288 g/mol. The minimum Gasteiger partial charge on any atom is -0.459 e. The smallest absolute Gasteiger partial charge is 0.162 e. The number of nitrogens with zero attached hydrogens (tertiary/aromatic N) is 2. The lowest BCUT2D eigenvalue weighted by Gasteiger charge is -2.37. The minimum atomic E-state index is -0.0821. The van der Waals surface area contributed by atoms with E-state index in [2.05, 4.69) is 16.8 Å². The first-order chi connectivity index (χ1) is 10.2. The van der Waals surface area contributed by atoms with Crippen LogP contribution in [0.1, 0.15) is 17.6 Å². The number of thiazole rings is 1. The van der Waals surface area contributed by atoms with Crippen LogP contribution in [0, 0.1) is 6.92 Å². The topological polar surface area (TPSA) is 58.7 Å². The van der Waals surface area contributed by atoms with Crippen LogP contribution < -0.4 is 0 Å². The van der Waals surface area contributed by atoms with Gasteiger partial charge in [0.2, 0.25) is 0 Å². The van der Waals surface area contributed by atoms with Crippen molar-refractivity contribution in [2.75, 3.05) is 19.8 Å². The molecule has 2 aromatic rings. The van der Waals surface area contributed by atoms with E-state index in [-0.39, 0.29) is 12.7 Å². The van der Waals surface area contributed by atoms with E-state index in [1.807, 2.05) is 25.3 Å². The van der Waals surface area contributed by atoms with Gasteiger partial charge in [-0.05, 0) is 26.0 Å². The van der Waals surface area contributed by atoms with Crippen molar-refractivity contribution < 1.29 is 14.3 Å². The van der Waals surface area contributed by atoms with Gasteiger partial charge in [0, 0.05) is 30.2 Å². The van der Waals surface area contributed by atoms with E-state index >= 15 is 0 Å². The fraction of sp³-hybridized carbons (Fsp3) is 0.533. The molecule has 3 rings (SSSR count). The molecule has 2 aromatic heterocycles. The summed E-state index contributed by atoms with van der Waals surface area (Å²) in [6, 6.07) is 4.26. The molecule has 1 N–H and O–H groups in total. The second kappa shape index (κ2) is 6.27.